The highest BCUT2D eigenvalue weighted by atomic mass is 19.1. The molecule has 5 rings (SSSR count). The fourth-order valence-electron chi connectivity index (χ4n) is 4.50. The molecule has 3 aromatic rings. The van der Waals surface area contributed by atoms with Gasteiger partial charge in [0.2, 0.25) is 11.9 Å². The van der Waals surface area contributed by atoms with Gasteiger partial charge in [0, 0.05) is 40.3 Å². The number of aromatic nitrogens is 4. The molecule has 0 saturated carbocycles. The third-order valence-corrected chi connectivity index (χ3v) is 6.33. The van der Waals surface area contributed by atoms with E-state index in [1.54, 1.807) is 13.1 Å². The lowest BCUT2D eigenvalue weighted by molar-refractivity contribution is -0.123. The number of aromatic amines is 1. The summed E-state index contributed by atoms with van der Waals surface area (Å²) in [6.45, 7) is 2.00. The van der Waals surface area contributed by atoms with Crippen LogP contribution in [-0.4, -0.2) is 68.0 Å². The van der Waals surface area contributed by atoms with Crippen molar-refractivity contribution in [3.05, 3.63) is 50.9 Å². The van der Waals surface area contributed by atoms with E-state index >= 15 is 0 Å². The Labute approximate surface area is 186 Å². The number of nitrogens with zero attached hydrogens (tertiary/aromatic N) is 6. The highest BCUT2D eigenvalue weighted by Crippen LogP contribution is 2.27. The smallest absolute Gasteiger partial charge is 0.332 e. The van der Waals surface area contributed by atoms with Gasteiger partial charge in [0.1, 0.15) is 5.82 Å². The van der Waals surface area contributed by atoms with E-state index in [1.807, 2.05) is 9.80 Å². The summed E-state index contributed by atoms with van der Waals surface area (Å²) in [6.07, 6.45) is 0.0398. The maximum atomic E-state index is 13.6. The summed E-state index contributed by atoms with van der Waals surface area (Å²) in [5.74, 6) is -0.755. The Morgan fingerprint density at radius 3 is 2.45 bits per heavy atom. The molecule has 1 unspecified atom stereocenters. The molecule has 2 aliphatic rings. The Hall–Kier alpha value is -3.80. The average molecular weight is 455 g/mol. The highest BCUT2D eigenvalue weighted by molar-refractivity contribution is 6.22. The maximum Gasteiger partial charge on any atom is 0.332 e. The average Bonchev–Trinajstić information content (AvgIpc) is 3.38. The fraction of sp³-hybridized carbons (Fsp3) is 0.381. The van der Waals surface area contributed by atoms with E-state index in [0.29, 0.717) is 32.1 Å². The lowest BCUT2D eigenvalue weighted by Crippen LogP contribution is -2.52. The first-order valence-electron chi connectivity index (χ1n) is 10.5. The molecule has 2 fully saturated rings. The number of halogens is 1. The number of imide groups is 1. The number of rotatable bonds is 3. The number of nitrogens with one attached hydrogen (secondary N) is 1. The summed E-state index contributed by atoms with van der Waals surface area (Å²) in [4.78, 5) is 62.4. The van der Waals surface area contributed by atoms with Crippen molar-refractivity contribution in [1.82, 2.24) is 24.0 Å². The molecule has 11 nitrogen and oxygen atoms in total. The van der Waals surface area contributed by atoms with Crippen LogP contribution in [-0.2, 0) is 23.7 Å². The van der Waals surface area contributed by atoms with E-state index in [1.165, 1.54) is 29.8 Å². The van der Waals surface area contributed by atoms with Crippen LogP contribution in [0.15, 0.2) is 33.9 Å². The van der Waals surface area contributed by atoms with Crippen molar-refractivity contribution in [3.8, 4) is 0 Å². The van der Waals surface area contributed by atoms with Crippen molar-refractivity contribution in [2.75, 3.05) is 36.0 Å². The fourth-order valence-corrected chi connectivity index (χ4v) is 4.50. The van der Waals surface area contributed by atoms with Crippen molar-refractivity contribution in [1.29, 1.82) is 0 Å². The quantitative estimate of drug-likeness (QED) is 0.532. The molecule has 0 radical (unpaired) electrons. The molecule has 0 spiro atoms. The second-order valence-electron chi connectivity index (χ2n) is 8.25. The van der Waals surface area contributed by atoms with E-state index in [0.717, 1.165) is 9.47 Å². The number of carbonyl (C=O) groups is 2. The van der Waals surface area contributed by atoms with Gasteiger partial charge < -0.3 is 9.88 Å². The summed E-state index contributed by atoms with van der Waals surface area (Å²) in [5.41, 5.74) is -0.136. The largest absolute Gasteiger partial charge is 0.340 e. The van der Waals surface area contributed by atoms with Gasteiger partial charge in [-0.2, -0.15) is 4.98 Å². The lowest BCUT2D eigenvalue weighted by atomic mass is 10.2. The zero-order valence-corrected chi connectivity index (χ0v) is 18.1. The van der Waals surface area contributed by atoms with Gasteiger partial charge in [-0.25, -0.2) is 14.1 Å². The number of aryl methyl sites for hydroxylation is 1. The molecule has 12 heteroatoms. The summed E-state index contributed by atoms with van der Waals surface area (Å²) in [6, 6.07) is 4.84. The number of piperazine rings is 1. The maximum absolute atomic E-state index is 13.6. The van der Waals surface area contributed by atoms with E-state index in [4.69, 9.17) is 0 Å². The zero-order valence-electron chi connectivity index (χ0n) is 18.1. The third kappa shape index (κ3) is 3.33. The van der Waals surface area contributed by atoms with Crippen molar-refractivity contribution in [2.24, 2.45) is 14.1 Å². The minimum atomic E-state index is -0.605. The van der Waals surface area contributed by atoms with Crippen LogP contribution < -0.4 is 21.0 Å². The molecule has 2 aliphatic heterocycles. The number of carbonyl (C=O) groups excluding carboxylic acids is 2. The van der Waals surface area contributed by atoms with Crippen LogP contribution in [0.5, 0.6) is 0 Å². The van der Waals surface area contributed by atoms with Crippen molar-refractivity contribution in [2.45, 2.75) is 12.5 Å². The molecule has 4 heterocycles. The molecule has 1 aromatic carbocycles. The van der Waals surface area contributed by atoms with E-state index in [2.05, 4.69) is 9.97 Å². The Bertz CT molecular complexity index is 1400. The van der Waals surface area contributed by atoms with Crippen molar-refractivity contribution < 1.29 is 14.0 Å². The van der Waals surface area contributed by atoms with Gasteiger partial charge in [-0.3, -0.25) is 28.4 Å². The number of anilines is 2. The van der Waals surface area contributed by atoms with Crippen LogP contribution in [0.2, 0.25) is 0 Å². The molecule has 2 saturated heterocycles. The van der Waals surface area contributed by atoms with Gasteiger partial charge in [0.05, 0.1) is 18.2 Å². The molecule has 1 atom stereocenters. The molecule has 2 amide bonds. The minimum Gasteiger partial charge on any atom is -0.340 e. The topological polar surface area (TPSA) is 117 Å². The monoisotopic (exact) mass is 455 g/mol. The first-order valence-corrected chi connectivity index (χ1v) is 10.5. The summed E-state index contributed by atoms with van der Waals surface area (Å²) in [5, 5.41) is 0. The second kappa shape index (κ2) is 7.66. The summed E-state index contributed by atoms with van der Waals surface area (Å²) in [7, 11) is 2.97. The normalized spacial score (nSPS) is 19.8. The van der Waals surface area contributed by atoms with E-state index < -0.39 is 23.1 Å². The number of benzene rings is 1. The molecule has 1 N–H and O–H groups in total. The number of imidazole rings is 1. The highest BCUT2D eigenvalue weighted by Gasteiger charge is 2.43. The van der Waals surface area contributed by atoms with Crippen molar-refractivity contribution in [3.63, 3.8) is 0 Å². The Morgan fingerprint density at radius 2 is 1.76 bits per heavy atom. The Balaban J connectivity index is 1.33. The van der Waals surface area contributed by atoms with Crippen LogP contribution in [0.4, 0.5) is 16.0 Å². The van der Waals surface area contributed by atoms with E-state index in [-0.39, 0.29) is 35.1 Å². The Kier molecular flexibility index (Phi) is 4.89. The van der Waals surface area contributed by atoms with Gasteiger partial charge in [-0.15, -0.1) is 0 Å². The summed E-state index contributed by atoms with van der Waals surface area (Å²) >= 11 is 0. The number of amides is 2. The van der Waals surface area contributed by atoms with Crippen LogP contribution in [0.25, 0.3) is 11.2 Å². The van der Waals surface area contributed by atoms with Gasteiger partial charge in [0.15, 0.2) is 11.2 Å². The molecule has 33 heavy (non-hydrogen) atoms. The van der Waals surface area contributed by atoms with Crippen molar-refractivity contribution >= 4 is 34.6 Å². The minimum absolute atomic E-state index is 0.0398. The van der Waals surface area contributed by atoms with Crippen LogP contribution in [0.3, 0.4) is 0 Å². The van der Waals surface area contributed by atoms with Crippen LogP contribution in [0.1, 0.15) is 6.42 Å². The first kappa shape index (κ1) is 21.1. The number of hydrogen-bond donors (Lipinski definition) is 1. The van der Waals surface area contributed by atoms with Gasteiger partial charge in [-0.1, -0.05) is 6.07 Å². The molecular weight excluding hydrogens is 433 g/mol. The lowest BCUT2D eigenvalue weighted by Gasteiger charge is -2.36. The predicted molar refractivity (Wildman–Crippen MR) is 118 cm³/mol. The second-order valence-corrected chi connectivity index (χ2v) is 8.25. The SMILES string of the molecule is Cn1c(=O)c2[nH]c(N3CCN(C4CC(=O)N(c5cccc(F)c5)C4=O)CC3)nc2n(C)c1=O. The standard InChI is InChI=1S/C21H22FN7O4/c1-25-17-16(19(32)26(2)21(25)33)23-20(24-17)28-8-6-27(7-9-28)14-11-15(30)29(18(14)31)13-5-3-4-12(22)10-13/h3-5,10,14H,6-9,11H2,1-2H3,(H,23,24). The van der Waals surface area contributed by atoms with E-state index in [9.17, 15) is 23.6 Å². The number of hydrogen-bond acceptors (Lipinski definition) is 7. The van der Waals surface area contributed by atoms with Gasteiger partial charge in [-0.05, 0) is 18.2 Å². The zero-order chi connectivity index (χ0) is 23.4. The van der Waals surface area contributed by atoms with Crippen LogP contribution in [0, 0.1) is 5.82 Å². The molecular formula is C21H22FN7O4. The first-order chi connectivity index (χ1) is 15.8. The molecule has 172 valence electrons. The number of H-pyrrole nitrogens is 1. The molecule has 0 aliphatic carbocycles. The summed E-state index contributed by atoms with van der Waals surface area (Å²) < 4.78 is 15.9. The third-order valence-electron chi connectivity index (χ3n) is 6.33. The van der Waals surface area contributed by atoms with Gasteiger partial charge >= 0.3 is 5.69 Å². The number of fused-ring (bicyclic) bond motifs is 1. The van der Waals surface area contributed by atoms with Gasteiger partial charge in [0.25, 0.3) is 11.5 Å². The van der Waals surface area contributed by atoms with Crippen LogP contribution >= 0.6 is 0 Å². The molecule has 0 bridgehead atoms. The molecule has 2 aromatic heterocycles. The predicted octanol–water partition coefficient (Wildman–Crippen LogP) is -0.446. The Morgan fingerprint density at radius 1 is 1.03 bits per heavy atom.